The number of halogens is 3. The molecule has 0 radical (unpaired) electrons. The Hall–Kier alpha value is -2.94. The minimum atomic E-state index is -1.50. The number of hydrogen-bond donors (Lipinski definition) is 1. The van der Waals surface area contributed by atoms with Gasteiger partial charge in [0.15, 0.2) is 0 Å². The summed E-state index contributed by atoms with van der Waals surface area (Å²) in [4.78, 5) is 12.7. The van der Waals surface area contributed by atoms with E-state index in [0.717, 1.165) is 29.3 Å². The number of aryl methyl sites for hydroxylation is 1. The van der Waals surface area contributed by atoms with E-state index in [0.29, 0.717) is 34.0 Å². The lowest BCUT2D eigenvalue weighted by Gasteiger charge is -2.19. The van der Waals surface area contributed by atoms with Crippen molar-refractivity contribution in [2.75, 3.05) is 13.2 Å². The molecule has 33 heavy (non-hydrogen) atoms. The van der Waals surface area contributed by atoms with Crippen LogP contribution in [0.15, 0.2) is 54.9 Å². The fourth-order valence-corrected chi connectivity index (χ4v) is 3.55. The van der Waals surface area contributed by atoms with Gasteiger partial charge in [-0.05, 0) is 55.8 Å². The van der Waals surface area contributed by atoms with Crippen molar-refractivity contribution in [1.82, 2.24) is 9.55 Å². The Morgan fingerprint density at radius 3 is 2.30 bits per heavy atom. The van der Waals surface area contributed by atoms with Gasteiger partial charge in [0.25, 0.3) is 5.09 Å². The van der Waals surface area contributed by atoms with Crippen molar-refractivity contribution < 1.29 is 19.8 Å². The summed E-state index contributed by atoms with van der Waals surface area (Å²) in [5.74, 6) is 2.27. The summed E-state index contributed by atoms with van der Waals surface area (Å²) >= 11 is 18.5. The topological polar surface area (TPSA) is 99.7 Å². The second-order valence-corrected chi connectivity index (χ2v) is 7.77. The van der Waals surface area contributed by atoms with Crippen molar-refractivity contribution in [3.63, 3.8) is 0 Å². The van der Waals surface area contributed by atoms with E-state index in [4.69, 9.17) is 59.6 Å². The van der Waals surface area contributed by atoms with Crippen LogP contribution in [0.5, 0.6) is 5.75 Å². The van der Waals surface area contributed by atoms with Crippen LogP contribution in [0, 0.1) is 17.0 Å². The number of imidazole rings is 1. The van der Waals surface area contributed by atoms with Crippen LogP contribution in [-0.4, -0.2) is 33.1 Å². The van der Waals surface area contributed by atoms with Crippen molar-refractivity contribution in [3.8, 4) is 5.75 Å². The average Bonchev–Trinajstić information content (AvgIpc) is 3.17. The Kier molecular flexibility index (Phi) is 10.3. The summed E-state index contributed by atoms with van der Waals surface area (Å²) in [5, 5.41) is 15.4. The van der Waals surface area contributed by atoms with Gasteiger partial charge in [-0.2, -0.15) is 0 Å². The van der Waals surface area contributed by atoms with Gasteiger partial charge in [0, 0.05) is 28.0 Å². The molecule has 1 heterocycles. The summed E-state index contributed by atoms with van der Waals surface area (Å²) in [6.45, 7) is 4.72. The van der Waals surface area contributed by atoms with Crippen molar-refractivity contribution in [2.45, 2.75) is 20.3 Å². The first kappa shape index (κ1) is 26.3. The van der Waals surface area contributed by atoms with Crippen LogP contribution in [0.3, 0.4) is 0 Å². The Labute approximate surface area is 206 Å². The molecule has 1 aromatic heterocycles. The molecule has 0 spiro atoms. The molecule has 8 nitrogen and oxygen atoms in total. The molecule has 176 valence electrons. The van der Waals surface area contributed by atoms with Crippen LogP contribution in [0.2, 0.25) is 15.1 Å². The predicted octanol–water partition coefficient (Wildman–Crippen LogP) is 6.64. The van der Waals surface area contributed by atoms with E-state index in [9.17, 15) is 0 Å². The standard InChI is InChI=1S/C22H21Cl3N2O2.HNO3/c1-3-21(27-11-10-26-15(27)2)22(19-9-6-17(24)14-20(19)25)29-13-12-28-18-7-4-16(23)5-8-18;2-1(3)4/h4-11,14H,3,12-13H2,1-2H3;(H,2,3,4). The number of ether oxygens (including phenoxy) is 2. The molecular weight excluding hydrogens is 493 g/mol. The number of rotatable bonds is 8. The van der Waals surface area contributed by atoms with Crippen LogP contribution in [-0.2, 0) is 4.74 Å². The molecule has 0 saturated heterocycles. The van der Waals surface area contributed by atoms with E-state index in [1.807, 2.05) is 35.9 Å². The molecule has 2 aromatic carbocycles. The average molecular weight is 515 g/mol. The van der Waals surface area contributed by atoms with E-state index in [-0.39, 0.29) is 0 Å². The third kappa shape index (κ3) is 8.16. The quantitative estimate of drug-likeness (QED) is 0.157. The zero-order valence-electron chi connectivity index (χ0n) is 17.9. The lowest BCUT2D eigenvalue weighted by molar-refractivity contribution is -0.742. The smallest absolute Gasteiger partial charge is 0.291 e. The SMILES string of the molecule is CCC(=C(OCCOc1ccc(Cl)cc1)c1ccc(Cl)cc1Cl)n1ccnc1C.O=[N+]([O-])O. The number of allylic oxidation sites excluding steroid dienone is 1. The summed E-state index contributed by atoms with van der Waals surface area (Å²) in [5.41, 5.74) is 1.73. The minimum absolute atomic E-state index is 0.341. The zero-order chi connectivity index (χ0) is 24.4. The molecule has 1 N–H and O–H groups in total. The van der Waals surface area contributed by atoms with E-state index < -0.39 is 5.09 Å². The van der Waals surface area contributed by atoms with E-state index in [2.05, 4.69) is 11.9 Å². The van der Waals surface area contributed by atoms with Crippen LogP contribution >= 0.6 is 34.8 Å². The summed E-state index contributed by atoms with van der Waals surface area (Å²) < 4.78 is 13.9. The largest absolute Gasteiger partial charge is 0.490 e. The molecule has 11 heteroatoms. The second-order valence-electron chi connectivity index (χ2n) is 6.49. The highest BCUT2D eigenvalue weighted by atomic mass is 35.5. The van der Waals surface area contributed by atoms with E-state index >= 15 is 0 Å². The first-order valence-electron chi connectivity index (χ1n) is 9.76. The highest BCUT2D eigenvalue weighted by Crippen LogP contribution is 2.33. The molecule has 3 rings (SSSR count). The maximum absolute atomic E-state index is 8.36. The van der Waals surface area contributed by atoms with E-state index in [1.54, 1.807) is 30.5 Å². The Bertz CT molecular complexity index is 1100. The highest BCUT2D eigenvalue weighted by molar-refractivity contribution is 6.35. The van der Waals surface area contributed by atoms with Crippen LogP contribution < -0.4 is 4.74 Å². The van der Waals surface area contributed by atoms with Gasteiger partial charge in [0.05, 0.1) is 10.7 Å². The summed E-state index contributed by atoms with van der Waals surface area (Å²) in [6, 6.07) is 12.6. The molecule has 0 aliphatic heterocycles. The van der Waals surface area contributed by atoms with E-state index in [1.165, 1.54) is 0 Å². The highest BCUT2D eigenvalue weighted by Gasteiger charge is 2.17. The third-order valence-corrected chi connectivity index (χ3v) is 5.10. The molecular formula is C22H22Cl3N3O5. The lowest BCUT2D eigenvalue weighted by Crippen LogP contribution is -2.10. The van der Waals surface area contributed by atoms with Gasteiger partial charge in [-0.15, -0.1) is 10.1 Å². The summed E-state index contributed by atoms with van der Waals surface area (Å²) in [7, 11) is 0. The van der Waals surface area contributed by atoms with Crippen molar-refractivity contribution >= 4 is 46.3 Å². The molecule has 0 amide bonds. The van der Waals surface area contributed by atoms with Gasteiger partial charge in [-0.25, -0.2) is 4.98 Å². The molecule has 0 bridgehead atoms. The normalized spacial score (nSPS) is 11.2. The zero-order valence-corrected chi connectivity index (χ0v) is 20.1. The van der Waals surface area contributed by atoms with Gasteiger partial charge in [-0.1, -0.05) is 41.7 Å². The Morgan fingerprint density at radius 2 is 1.76 bits per heavy atom. The fourth-order valence-electron chi connectivity index (χ4n) is 2.93. The number of hydrogen-bond acceptors (Lipinski definition) is 5. The predicted molar refractivity (Wildman–Crippen MR) is 129 cm³/mol. The van der Waals surface area contributed by atoms with Crippen molar-refractivity contribution in [1.29, 1.82) is 0 Å². The minimum Gasteiger partial charge on any atom is -0.490 e. The number of benzene rings is 2. The second kappa shape index (κ2) is 12.9. The van der Waals surface area contributed by atoms with Crippen molar-refractivity contribution in [3.05, 3.63) is 91.4 Å². The molecule has 0 fully saturated rings. The molecule has 0 unspecified atom stereocenters. The molecule has 0 aliphatic carbocycles. The maximum atomic E-state index is 8.36. The fraction of sp³-hybridized carbons (Fsp3) is 0.227. The Morgan fingerprint density at radius 1 is 1.12 bits per heavy atom. The van der Waals surface area contributed by atoms with Crippen molar-refractivity contribution in [2.24, 2.45) is 0 Å². The molecule has 3 aromatic rings. The number of nitrogens with zero attached hydrogens (tertiary/aromatic N) is 3. The Balaban J connectivity index is 0.000000890. The first-order valence-corrected chi connectivity index (χ1v) is 10.9. The number of aromatic nitrogens is 2. The summed E-state index contributed by atoms with van der Waals surface area (Å²) in [6.07, 6.45) is 4.39. The van der Waals surface area contributed by atoms with Gasteiger partial charge in [0.1, 0.15) is 30.5 Å². The molecule has 0 aliphatic rings. The van der Waals surface area contributed by atoms with Crippen LogP contribution in [0.4, 0.5) is 0 Å². The van der Waals surface area contributed by atoms with Gasteiger partial charge in [0.2, 0.25) is 0 Å². The lowest BCUT2D eigenvalue weighted by atomic mass is 10.1. The third-order valence-electron chi connectivity index (χ3n) is 4.30. The van der Waals surface area contributed by atoms with Crippen LogP contribution in [0.25, 0.3) is 11.5 Å². The molecule has 0 atom stereocenters. The maximum Gasteiger partial charge on any atom is 0.291 e. The first-order chi connectivity index (χ1) is 15.7. The van der Waals surface area contributed by atoms with Gasteiger partial charge in [-0.3, -0.25) is 0 Å². The monoisotopic (exact) mass is 513 g/mol. The van der Waals surface area contributed by atoms with Gasteiger partial charge >= 0.3 is 0 Å². The van der Waals surface area contributed by atoms with Gasteiger partial charge < -0.3 is 19.2 Å². The van der Waals surface area contributed by atoms with Crippen LogP contribution in [0.1, 0.15) is 24.7 Å². The molecule has 0 saturated carbocycles.